The zero-order valence-electron chi connectivity index (χ0n) is 20.8. The third-order valence-corrected chi connectivity index (χ3v) is 6.44. The molecule has 3 aromatic heterocycles. The fourth-order valence-electron chi connectivity index (χ4n) is 4.35. The maximum atomic E-state index is 12.6. The Morgan fingerprint density at radius 1 is 1.24 bits per heavy atom. The van der Waals surface area contributed by atoms with E-state index < -0.39 is 0 Å². The van der Waals surface area contributed by atoms with Crippen LogP contribution in [-0.4, -0.2) is 30.6 Å². The quantitative estimate of drug-likeness (QED) is 0.310. The molecule has 0 aliphatic carbocycles. The lowest BCUT2D eigenvalue weighted by molar-refractivity contribution is 0.0911. The molecule has 37 heavy (non-hydrogen) atoms. The number of para-hydroxylation sites is 1. The van der Waals surface area contributed by atoms with Crippen LogP contribution in [0.1, 0.15) is 45.9 Å². The summed E-state index contributed by atoms with van der Waals surface area (Å²) >= 11 is 6.68. The van der Waals surface area contributed by atoms with Crippen molar-refractivity contribution in [2.75, 3.05) is 0 Å². The number of ether oxygens (including phenoxy) is 1. The number of aromatic nitrogens is 5. The van der Waals surface area contributed by atoms with E-state index in [4.69, 9.17) is 25.7 Å². The molecule has 0 aliphatic heterocycles. The van der Waals surface area contributed by atoms with Gasteiger partial charge in [0.25, 0.3) is 5.91 Å². The first kappa shape index (κ1) is 24.5. The fraction of sp³-hybridized carbons (Fsp3) is 0.222. The van der Waals surface area contributed by atoms with Gasteiger partial charge in [-0.3, -0.25) is 4.79 Å². The number of nitrogens with zero attached hydrogens (tertiary/aromatic N) is 5. The average molecular weight is 517 g/mol. The molecular weight excluding hydrogens is 492 g/mol. The number of fused-ring (bicyclic) bond motifs is 1. The normalized spacial score (nSPS) is 12.0. The van der Waals surface area contributed by atoms with Gasteiger partial charge in [0.05, 0.1) is 12.2 Å². The van der Waals surface area contributed by atoms with Gasteiger partial charge in [-0.2, -0.15) is 5.10 Å². The number of rotatable bonds is 7. The zero-order chi connectivity index (χ0) is 26.1. The molecule has 5 aromatic rings. The van der Waals surface area contributed by atoms with E-state index in [2.05, 4.69) is 20.4 Å². The minimum Gasteiger partial charge on any atom is -0.487 e. The highest BCUT2D eigenvalue weighted by Gasteiger charge is 2.20. The second-order valence-electron chi connectivity index (χ2n) is 8.83. The number of aryl methyl sites for hydroxylation is 3. The van der Waals surface area contributed by atoms with Crippen LogP contribution in [0, 0.1) is 13.8 Å². The molecule has 0 bridgehead atoms. The van der Waals surface area contributed by atoms with Gasteiger partial charge < -0.3 is 14.5 Å². The van der Waals surface area contributed by atoms with Gasteiger partial charge in [0, 0.05) is 34.3 Å². The molecule has 3 heterocycles. The van der Waals surface area contributed by atoms with Gasteiger partial charge in [-0.25, -0.2) is 19.6 Å². The van der Waals surface area contributed by atoms with Crippen LogP contribution in [0.15, 0.2) is 59.7 Å². The lowest BCUT2D eigenvalue weighted by atomic mass is 9.99. The van der Waals surface area contributed by atoms with Gasteiger partial charge in [0.15, 0.2) is 12.2 Å². The van der Waals surface area contributed by atoms with E-state index in [0.29, 0.717) is 10.8 Å². The van der Waals surface area contributed by atoms with Gasteiger partial charge in [0.2, 0.25) is 5.76 Å². The summed E-state index contributed by atoms with van der Waals surface area (Å²) in [6.45, 7) is 5.96. The van der Waals surface area contributed by atoms with E-state index in [1.54, 1.807) is 4.68 Å². The Kier molecular flexibility index (Phi) is 6.62. The van der Waals surface area contributed by atoms with Gasteiger partial charge in [-0.1, -0.05) is 29.8 Å². The van der Waals surface area contributed by atoms with E-state index in [1.807, 2.05) is 64.2 Å². The van der Waals surface area contributed by atoms with Crippen LogP contribution in [0.25, 0.3) is 22.3 Å². The van der Waals surface area contributed by atoms with E-state index in [0.717, 1.165) is 44.7 Å². The van der Waals surface area contributed by atoms with Crippen molar-refractivity contribution >= 4 is 28.4 Å². The molecule has 0 unspecified atom stereocenters. The first-order chi connectivity index (χ1) is 17.8. The Balaban J connectivity index is 1.48. The number of benzene rings is 2. The molecule has 2 aromatic carbocycles. The Hall–Kier alpha value is -4.24. The maximum absolute atomic E-state index is 12.6. The molecular formula is C27H25ClN6O3. The number of pyridine rings is 1. The third kappa shape index (κ3) is 4.90. The molecule has 5 rings (SSSR count). The minimum atomic E-state index is -0.362. The van der Waals surface area contributed by atoms with Crippen LogP contribution in [0.5, 0.6) is 5.75 Å². The van der Waals surface area contributed by atoms with Crippen molar-refractivity contribution < 1.29 is 13.9 Å². The number of carbonyl (C=O) groups excluding carboxylic acids is 1. The molecule has 1 atom stereocenters. The molecule has 0 saturated carbocycles. The molecule has 0 saturated heterocycles. The summed E-state index contributed by atoms with van der Waals surface area (Å²) < 4.78 is 13.2. The number of carbonyl (C=O) groups is 1. The third-order valence-electron chi connectivity index (χ3n) is 6.10. The zero-order valence-corrected chi connectivity index (χ0v) is 21.6. The van der Waals surface area contributed by atoms with Gasteiger partial charge in [-0.05, 0) is 50.1 Å². The van der Waals surface area contributed by atoms with Crippen LogP contribution in [-0.2, 0) is 13.7 Å². The lowest BCUT2D eigenvalue weighted by Crippen LogP contribution is -2.27. The van der Waals surface area contributed by atoms with Crippen molar-refractivity contribution in [1.82, 2.24) is 30.0 Å². The van der Waals surface area contributed by atoms with Crippen molar-refractivity contribution in [3.8, 4) is 17.1 Å². The minimum absolute atomic E-state index is 0.138. The molecule has 1 amide bonds. The highest BCUT2D eigenvalue weighted by atomic mass is 35.5. The Morgan fingerprint density at radius 2 is 2.08 bits per heavy atom. The predicted molar refractivity (Wildman–Crippen MR) is 139 cm³/mol. The van der Waals surface area contributed by atoms with E-state index >= 15 is 0 Å². The van der Waals surface area contributed by atoms with E-state index in [9.17, 15) is 4.79 Å². The molecule has 0 aliphatic rings. The number of oxazole rings is 1. The number of hydrogen-bond donors (Lipinski definition) is 1. The van der Waals surface area contributed by atoms with Gasteiger partial charge >= 0.3 is 0 Å². The lowest BCUT2D eigenvalue weighted by Gasteiger charge is -2.20. The first-order valence-electron chi connectivity index (χ1n) is 11.7. The van der Waals surface area contributed by atoms with Crippen LogP contribution in [0.2, 0.25) is 5.02 Å². The smallest absolute Gasteiger partial charge is 0.289 e. The molecule has 9 nitrogen and oxygen atoms in total. The summed E-state index contributed by atoms with van der Waals surface area (Å²) in [5.74, 6) is 1.14. The fourth-order valence-corrected chi connectivity index (χ4v) is 4.69. The Bertz CT molecular complexity index is 1600. The largest absolute Gasteiger partial charge is 0.487 e. The SMILES string of the molecule is Cc1cc(Cl)c(COc2cccc3c(-c4ncnn4C)cc(C)nc23)c([C@H](C)NC(=O)c2cnco2)c1. The van der Waals surface area contributed by atoms with Crippen molar-refractivity contribution in [2.24, 2.45) is 7.05 Å². The molecule has 0 spiro atoms. The van der Waals surface area contributed by atoms with Crippen molar-refractivity contribution in [3.05, 3.63) is 88.5 Å². The van der Waals surface area contributed by atoms with Crippen molar-refractivity contribution in [2.45, 2.75) is 33.4 Å². The number of nitrogens with one attached hydrogen (secondary N) is 1. The second kappa shape index (κ2) is 10.0. The van der Waals surface area contributed by atoms with Crippen LogP contribution in [0.4, 0.5) is 0 Å². The van der Waals surface area contributed by atoms with Crippen LogP contribution < -0.4 is 10.1 Å². The summed E-state index contributed by atoms with van der Waals surface area (Å²) in [6, 6.07) is 11.3. The van der Waals surface area contributed by atoms with Crippen LogP contribution in [0.3, 0.4) is 0 Å². The average Bonchev–Trinajstić information content (AvgIpc) is 3.55. The van der Waals surface area contributed by atoms with E-state index in [-0.39, 0.29) is 24.3 Å². The van der Waals surface area contributed by atoms with Crippen LogP contribution >= 0.6 is 11.6 Å². The van der Waals surface area contributed by atoms with Gasteiger partial charge in [0.1, 0.15) is 24.2 Å². The summed E-state index contributed by atoms with van der Waals surface area (Å²) in [5, 5.41) is 8.61. The second-order valence-corrected chi connectivity index (χ2v) is 9.24. The molecule has 1 N–H and O–H groups in total. The summed E-state index contributed by atoms with van der Waals surface area (Å²) in [4.78, 5) is 25.5. The predicted octanol–water partition coefficient (Wildman–Crippen LogP) is 5.36. The Morgan fingerprint density at radius 3 is 2.81 bits per heavy atom. The first-order valence-corrected chi connectivity index (χ1v) is 12.1. The maximum Gasteiger partial charge on any atom is 0.289 e. The van der Waals surface area contributed by atoms with Crippen molar-refractivity contribution in [3.63, 3.8) is 0 Å². The number of amides is 1. The molecule has 10 heteroatoms. The number of hydrogen-bond acceptors (Lipinski definition) is 7. The highest BCUT2D eigenvalue weighted by molar-refractivity contribution is 6.31. The topological polar surface area (TPSA) is 108 Å². The number of halogens is 1. The summed E-state index contributed by atoms with van der Waals surface area (Å²) in [5.41, 5.74) is 5.07. The molecule has 0 radical (unpaired) electrons. The van der Waals surface area contributed by atoms with Crippen molar-refractivity contribution in [1.29, 1.82) is 0 Å². The standard InChI is InChI=1S/C27H25ClN6O3/c1-15-8-19(17(3)33-27(35)24-11-29-14-37-24)21(22(28)9-15)12-36-23-7-5-6-18-20(10-16(2)32-25(18)23)26-30-13-31-34(26)4/h5-11,13-14,17H,12H2,1-4H3,(H,33,35)/t17-/m0/s1. The Labute approximate surface area is 218 Å². The van der Waals surface area contributed by atoms with E-state index in [1.165, 1.54) is 18.9 Å². The van der Waals surface area contributed by atoms with Gasteiger partial charge in [-0.15, -0.1) is 0 Å². The summed E-state index contributed by atoms with van der Waals surface area (Å²) in [7, 11) is 1.85. The summed E-state index contributed by atoms with van der Waals surface area (Å²) in [6.07, 6.45) is 4.12. The molecule has 188 valence electrons. The molecule has 0 fully saturated rings. The highest BCUT2D eigenvalue weighted by Crippen LogP contribution is 2.34. The monoisotopic (exact) mass is 516 g/mol.